The molecular weight excluding hydrogens is 212 g/mol. The molecule has 0 amide bonds. The number of rotatable bonds is 6. The first kappa shape index (κ1) is 12.4. The van der Waals surface area contributed by atoms with Crippen LogP contribution in [0.3, 0.4) is 0 Å². The molecule has 6 nitrogen and oxygen atoms in total. The number of aromatic carboxylic acids is 1. The van der Waals surface area contributed by atoms with Gasteiger partial charge < -0.3 is 20.3 Å². The van der Waals surface area contributed by atoms with E-state index in [0.717, 1.165) is 0 Å². The first-order valence-corrected chi connectivity index (χ1v) is 4.73. The number of pyridine rings is 1. The predicted octanol–water partition coefficient (Wildman–Crippen LogP) is 0.199. The first-order valence-electron chi connectivity index (χ1n) is 4.73. The van der Waals surface area contributed by atoms with Crippen LogP contribution in [0.4, 0.5) is 5.69 Å². The summed E-state index contributed by atoms with van der Waals surface area (Å²) in [6, 6.07) is 1.40. The Labute approximate surface area is 92.9 Å². The van der Waals surface area contributed by atoms with Gasteiger partial charge in [-0.25, -0.2) is 4.79 Å². The smallest absolute Gasteiger partial charge is 0.337 e. The molecule has 0 radical (unpaired) electrons. The van der Waals surface area contributed by atoms with E-state index in [9.17, 15) is 9.90 Å². The van der Waals surface area contributed by atoms with Crippen molar-refractivity contribution in [2.75, 3.05) is 25.6 Å². The van der Waals surface area contributed by atoms with Crippen molar-refractivity contribution in [3.05, 3.63) is 24.0 Å². The summed E-state index contributed by atoms with van der Waals surface area (Å²) in [6.45, 7) is 0.398. The maximum absolute atomic E-state index is 10.8. The van der Waals surface area contributed by atoms with Gasteiger partial charge in [0.2, 0.25) is 0 Å². The van der Waals surface area contributed by atoms with E-state index < -0.39 is 12.1 Å². The van der Waals surface area contributed by atoms with E-state index in [4.69, 9.17) is 9.84 Å². The van der Waals surface area contributed by atoms with Crippen molar-refractivity contribution in [1.82, 2.24) is 4.98 Å². The van der Waals surface area contributed by atoms with Gasteiger partial charge in [-0.1, -0.05) is 0 Å². The van der Waals surface area contributed by atoms with Crippen molar-refractivity contribution in [2.45, 2.75) is 6.10 Å². The predicted molar refractivity (Wildman–Crippen MR) is 57.6 cm³/mol. The standard InChI is InChI=1S/C10H14N2O4/c1-16-6-7(13)4-12-9-5-11-3-2-8(9)10(14)15/h2-3,5,7,12-13H,4,6H2,1H3,(H,14,15). The zero-order chi connectivity index (χ0) is 12.0. The molecule has 1 unspecified atom stereocenters. The lowest BCUT2D eigenvalue weighted by molar-refractivity contribution is 0.0693. The van der Waals surface area contributed by atoms with Gasteiger partial charge in [-0.15, -0.1) is 0 Å². The molecule has 0 bridgehead atoms. The molecule has 1 aromatic rings. The highest BCUT2D eigenvalue weighted by atomic mass is 16.5. The fraction of sp³-hybridized carbons (Fsp3) is 0.400. The Balaban J connectivity index is 2.63. The second kappa shape index (κ2) is 6.04. The number of carboxylic acid groups (broad SMARTS) is 1. The molecule has 88 valence electrons. The third-order valence-electron chi connectivity index (χ3n) is 1.94. The van der Waals surface area contributed by atoms with Gasteiger partial charge in [0.1, 0.15) is 0 Å². The molecule has 1 aromatic heterocycles. The number of aromatic nitrogens is 1. The molecule has 0 aliphatic heterocycles. The van der Waals surface area contributed by atoms with Crippen LogP contribution in [-0.2, 0) is 4.74 Å². The van der Waals surface area contributed by atoms with E-state index in [2.05, 4.69) is 10.3 Å². The van der Waals surface area contributed by atoms with Crippen LogP contribution in [0.5, 0.6) is 0 Å². The summed E-state index contributed by atoms with van der Waals surface area (Å²) in [4.78, 5) is 14.7. The molecule has 1 rings (SSSR count). The topological polar surface area (TPSA) is 91.7 Å². The highest BCUT2D eigenvalue weighted by Gasteiger charge is 2.10. The zero-order valence-electron chi connectivity index (χ0n) is 8.88. The molecule has 0 saturated carbocycles. The number of nitrogens with one attached hydrogen (secondary N) is 1. The Morgan fingerprint density at radius 2 is 2.44 bits per heavy atom. The number of ether oxygens (including phenoxy) is 1. The minimum atomic E-state index is -1.04. The van der Waals surface area contributed by atoms with Gasteiger partial charge >= 0.3 is 5.97 Å². The number of aliphatic hydroxyl groups excluding tert-OH is 1. The quantitative estimate of drug-likeness (QED) is 0.641. The van der Waals surface area contributed by atoms with E-state index >= 15 is 0 Å². The van der Waals surface area contributed by atoms with Crippen LogP contribution in [0.1, 0.15) is 10.4 Å². The summed E-state index contributed by atoms with van der Waals surface area (Å²) in [6.07, 6.45) is 2.12. The second-order valence-corrected chi connectivity index (χ2v) is 3.22. The molecule has 0 saturated heterocycles. The molecule has 6 heteroatoms. The van der Waals surface area contributed by atoms with Crippen molar-refractivity contribution in [2.24, 2.45) is 0 Å². The van der Waals surface area contributed by atoms with Crippen molar-refractivity contribution < 1.29 is 19.7 Å². The van der Waals surface area contributed by atoms with Crippen LogP contribution in [0.2, 0.25) is 0 Å². The molecule has 0 fully saturated rings. The second-order valence-electron chi connectivity index (χ2n) is 3.22. The number of carbonyl (C=O) groups is 1. The Hall–Kier alpha value is -1.66. The Morgan fingerprint density at radius 3 is 3.06 bits per heavy atom. The lowest BCUT2D eigenvalue weighted by atomic mass is 10.2. The molecule has 1 atom stereocenters. The maximum atomic E-state index is 10.8. The number of nitrogens with zero attached hydrogens (tertiary/aromatic N) is 1. The van der Waals surface area contributed by atoms with Crippen LogP contribution in [-0.4, -0.2) is 47.5 Å². The molecule has 3 N–H and O–H groups in total. The summed E-state index contributed by atoms with van der Waals surface area (Å²) in [5.41, 5.74) is 0.504. The van der Waals surface area contributed by atoms with Crippen LogP contribution >= 0.6 is 0 Å². The van der Waals surface area contributed by atoms with Crippen LogP contribution in [0.15, 0.2) is 18.5 Å². The van der Waals surface area contributed by atoms with Gasteiger partial charge in [-0.05, 0) is 6.07 Å². The monoisotopic (exact) mass is 226 g/mol. The SMILES string of the molecule is COCC(O)CNc1cnccc1C(=O)O. The number of carboxylic acids is 1. The molecule has 1 heterocycles. The molecular formula is C10H14N2O4. The molecule has 0 aliphatic carbocycles. The maximum Gasteiger partial charge on any atom is 0.337 e. The first-order chi connectivity index (χ1) is 7.65. The Bertz CT molecular complexity index is 356. The Morgan fingerprint density at radius 1 is 1.69 bits per heavy atom. The van der Waals surface area contributed by atoms with E-state index in [0.29, 0.717) is 5.69 Å². The number of hydrogen-bond donors (Lipinski definition) is 3. The number of hydrogen-bond acceptors (Lipinski definition) is 5. The van der Waals surface area contributed by atoms with Gasteiger partial charge in [0.15, 0.2) is 0 Å². The van der Waals surface area contributed by atoms with Gasteiger partial charge in [0.25, 0.3) is 0 Å². The summed E-state index contributed by atoms with van der Waals surface area (Å²) in [5.74, 6) is -1.04. The minimum Gasteiger partial charge on any atom is -0.478 e. The molecule has 16 heavy (non-hydrogen) atoms. The Kier molecular flexibility index (Phi) is 4.68. The minimum absolute atomic E-state index is 0.125. The van der Waals surface area contributed by atoms with Gasteiger partial charge in [-0.2, -0.15) is 0 Å². The fourth-order valence-corrected chi connectivity index (χ4v) is 1.20. The highest BCUT2D eigenvalue weighted by Crippen LogP contribution is 2.12. The number of methoxy groups -OCH3 is 1. The average molecular weight is 226 g/mol. The van der Waals surface area contributed by atoms with Crippen LogP contribution < -0.4 is 5.32 Å². The fourth-order valence-electron chi connectivity index (χ4n) is 1.20. The average Bonchev–Trinajstić information content (AvgIpc) is 2.27. The van der Waals surface area contributed by atoms with Crippen LogP contribution in [0.25, 0.3) is 0 Å². The van der Waals surface area contributed by atoms with Crippen molar-refractivity contribution in [1.29, 1.82) is 0 Å². The van der Waals surface area contributed by atoms with E-state index in [1.54, 1.807) is 0 Å². The van der Waals surface area contributed by atoms with Gasteiger partial charge in [0.05, 0.1) is 30.2 Å². The van der Waals surface area contributed by atoms with Crippen molar-refractivity contribution in [3.63, 3.8) is 0 Å². The number of aliphatic hydroxyl groups is 1. The lowest BCUT2D eigenvalue weighted by Gasteiger charge is -2.12. The van der Waals surface area contributed by atoms with E-state index in [-0.39, 0.29) is 18.7 Å². The zero-order valence-corrected chi connectivity index (χ0v) is 8.88. The molecule has 0 spiro atoms. The van der Waals surface area contributed by atoms with Crippen LogP contribution in [0, 0.1) is 0 Å². The van der Waals surface area contributed by atoms with Gasteiger partial charge in [0, 0.05) is 19.9 Å². The summed E-state index contributed by atoms with van der Waals surface area (Å²) in [7, 11) is 1.48. The summed E-state index contributed by atoms with van der Waals surface area (Å²) >= 11 is 0. The third-order valence-corrected chi connectivity index (χ3v) is 1.94. The largest absolute Gasteiger partial charge is 0.478 e. The third kappa shape index (κ3) is 3.48. The van der Waals surface area contributed by atoms with Gasteiger partial charge in [-0.3, -0.25) is 4.98 Å². The van der Waals surface area contributed by atoms with Crippen molar-refractivity contribution in [3.8, 4) is 0 Å². The summed E-state index contributed by atoms with van der Waals surface area (Å²) < 4.78 is 4.75. The molecule has 0 aliphatic rings. The molecule has 0 aromatic carbocycles. The van der Waals surface area contributed by atoms with E-state index in [1.807, 2.05) is 0 Å². The van der Waals surface area contributed by atoms with E-state index in [1.165, 1.54) is 25.6 Å². The summed E-state index contributed by atoms with van der Waals surface area (Å²) in [5, 5.41) is 21.1. The number of anilines is 1. The lowest BCUT2D eigenvalue weighted by Crippen LogP contribution is -2.24. The highest BCUT2D eigenvalue weighted by molar-refractivity contribution is 5.93. The normalized spacial score (nSPS) is 12.1. The van der Waals surface area contributed by atoms with Crippen molar-refractivity contribution >= 4 is 11.7 Å².